The Morgan fingerprint density at radius 3 is 2.46 bits per heavy atom. The van der Waals surface area contributed by atoms with Gasteiger partial charge in [-0.25, -0.2) is 18.7 Å². The standard InChI is InChI=1S/C21H23FN4O2.C2HF3O2/c1-2-25-9-3-4-15(12-25)14-5-7-18(8-6-14)26-13-16-10-17(22)11-19(20(16)24-26)21(27)28-23;3-2(4,5)1(6)7/h5-8,10-11,13,15H,2-4,9,12,23H2,1H3;(H,6,7). The molecule has 1 aliphatic rings. The number of halogens is 4. The summed E-state index contributed by atoms with van der Waals surface area (Å²) in [6.07, 6.45) is -0.970. The average Bonchev–Trinajstić information content (AvgIpc) is 3.27. The first-order valence-electron chi connectivity index (χ1n) is 10.8. The number of aromatic nitrogens is 2. The van der Waals surface area contributed by atoms with E-state index in [4.69, 9.17) is 15.8 Å². The minimum absolute atomic E-state index is 0.00901. The number of carboxylic acids is 1. The summed E-state index contributed by atoms with van der Waals surface area (Å²) in [7, 11) is 0. The molecular formula is C23H24F4N4O4. The van der Waals surface area contributed by atoms with Gasteiger partial charge in [-0.2, -0.15) is 24.2 Å². The lowest BCUT2D eigenvalue weighted by Gasteiger charge is -2.32. The quantitative estimate of drug-likeness (QED) is 0.415. The van der Waals surface area contributed by atoms with E-state index < -0.39 is 23.9 Å². The summed E-state index contributed by atoms with van der Waals surface area (Å²) in [6.45, 7) is 5.55. The van der Waals surface area contributed by atoms with Crippen molar-refractivity contribution in [1.82, 2.24) is 14.7 Å². The van der Waals surface area contributed by atoms with Gasteiger partial charge in [-0.1, -0.05) is 19.1 Å². The Morgan fingerprint density at radius 1 is 1.23 bits per heavy atom. The molecule has 8 nitrogen and oxygen atoms in total. The van der Waals surface area contributed by atoms with Crippen LogP contribution in [0.1, 0.15) is 41.6 Å². The second kappa shape index (κ2) is 10.8. The van der Waals surface area contributed by atoms with E-state index >= 15 is 0 Å². The second-order valence-corrected chi connectivity index (χ2v) is 8.00. The number of carbonyl (C=O) groups is 2. The fourth-order valence-electron chi connectivity index (χ4n) is 3.96. The van der Waals surface area contributed by atoms with Crippen LogP contribution in [-0.4, -0.2) is 57.5 Å². The first-order chi connectivity index (χ1) is 16.5. The van der Waals surface area contributed by atoms with E-state index in [-0.39, 0.29) is 5.56 Å². The number of nitrogens with two attached hydrogens (primary N) is 1. The number of piperidine rings is 1. The lowest BCUT2D eigenvalue weighted by molar-refractivity contribution is -0.192. The lowest BCUT2D eigenvalue weighted by Crippen LogP contribution is -2.34. The van der Waals surface area contributed by atoms with Crippen LogP contribution in [0.2, 0.25) is 0 Å². The Bertz CT molecular complexity index is 1190. The van der Waals surface area contributed by atoms with Crippen LogP contribution in [0.4, 0.5) is 17.6 Å². The van der Waals surface area contributed by atoms with Gasteiger partial charge in [0.15, 0.2) is 0 Å². The first kappa shape index (κ1) is 26.1. The predicted octanol–water partition coefficient (Wildman–Crippen LogP) is 4.03. The molecule has 0 amide bonds. The molecular weight excluding hydrogens is 472 g/mol. The highest BCUT2D eigenvalue weighted by atomic mass is 19.4. The van der Waals surface area contributed by atoms with E-state index in [1.54, 1.807) is 10.9 Å². The molecule has 4 rings (SSSR count). The Hall–Kier alpha value is -3.51. The number of carboxylic acid groups (broad SMARTS) is 1. The minimum Gasteiger partial charge on any atom is -0.475 e. The topological polar surface area (TPSA) is 111 Å². The molecule has 0 aliphatic carbocycles. The van der Waals surface area contributed by atoms with E-state index in [1.807, 2.05) is 12.1 Å². The van der Waals surface area contributed by atoms with Crippen LogP contribution in [-0.2, 0) is 9.63 Å². The largest absolute Gasteiger partial charge is 0.490 e. The van der Waals surface area contributed by atoms with Gasteiger partial charge in [0.05, 0.1) is 11.3 Å². The fourth-order valence-corrected chi connectivity index (χ4v) is 3.96. The monoisotopic (exact) mass is 496 g/mol. The molecule has 2 aromatic carbocycles. The first-order valence-corrected chi connectivity index (χ1v) is 10.8. The van der Waals surface area contributed by atoms with Crippen molar-refractivity contribution in [1.29, 1.82) is 0 Å². The van der Waals surface area contributed by atoms with E-state index in [2.05, 4.69) is 33.9 Å². The van der Waals surface area contributed by atoms with Crippen molar-refractivity contribution >= 4 is 22.8 Å². The van der Waals surface area contributed by atoms with Gasteiger partial charge in [0.25, 0.3) is 0 Å². The summed E-state index contributed by atoms with van der Waals surface area (Å²) in [4.78, 5) is 27.5. The van der Waals surface area contributed by atoms with Gasteiger partial charge in [0.1, 0.15) is 11.3 Å². The Labute approximate surface area is 197 Å². The molecule has 3 aromatic rings. The molecule has 35 heavy (non-hydrogen) atoms. The van der Waals surface area contributed by atoms with Crippen LogP contribution in [0.5, 0.6) is 0 Å². The molecule has 1 atom stereocenters. The van der Waals surface area contributed by atoms with Crippen LogP contribution >= 0.6 is 0 Å². The smallest absolute Gasteiger partial charge is 0.475 e. The third-order valence-electron chi connectivity index (χ3n) is 5.72. The molecule has 0 spiro atoms. The third kappa shape index (κ3) is 6.34. The summed E-state index contributed by atoms with van der Waals surface area (Å²) < 4.78 is 47.2. The maximum absolute atomic E-state index is 13.8. The number of carbonyl (C=O) groups excluding carboxylic acids is 1. The predicted molar refractivity (Wildman–Crippen MR) is 118 cm³/mol. The van der Waals surface area contributed by atoms with Crippen LogP contribution in [0.15, 0.2) is 42.6 Å². The van der Waals surface area contributed by atoms with Crippen molar-refractivity contribution < 1.29 is 37.1 Å². The van der Waals surface area contributed by atoms with Gasteiger partial charge < -0.3 is 14.8 Å². The number of rotatable bonds is 4. The number of aliphatic carboxylic acids is 1. The molecule has 1 unspecified atom stereocenters. The van der Waals surface area contributed by atoms with Gasteiger partial charge in [-0.3, -0.25) is 0 Å². The molecule has 1 aromatic heterocycles. The van der Waals surface area contributed by atoms with Gasteiger partial charge >= 0.3 is 18.1 Å². The number of likely N-dealkylation sites (tertiary alicyclic amines) is 1. The van der Waals surface area contributed by atoms with Crippen molar-refractivity contribution in [2.24, 2.45) is 5.90 Å². The van der Waals surface area contributed by atoms with Crippen molar-refractivity contribution in [3.63, 3.8) is 0 Å². The molecule has 1 fully saturated rings. The molecule has 1 saturated heterocycles. The van der Waals surface area contributed by atoms with Crippen LogP contribution in [0, 0.1) is 5.82 Å². The van der Waals surface area contributed by atoms with Crippen molar-refractivity contribution in [2.45, 2.75) is 31.9 Å². The zero-order chi connectivity index (χ0) is 25.8. The zero-order valence-electron chi connectivity index (χ0n) is 18.8. The highest BCUT2D eigenvalue weighted by molar-refractivity contribution is 6.02. The average molecular weight is 496 g/mol. The molecule has 0 bridgehead atoms. The van der Waals surface area contributed by atoms with Crippen molar-refractivity contribution in [2.75, 3.05) is 19.6 Å². The normalized spacial score (nSPS) is 16.5. The maximum atomic E-state index is 13.8. The zero-order valence-corrected chi connectivity index (χ0v) is 18.8. The lowest BCUT2D eigenvalue weighted by atomic mass is 9.90. The Kier molecular flexibility index (Phi) is 8.07. The van der Waals surface area contributed by atoms with Gasteiger partial charge in [0, 0.05) is 18.1 Å². The van der Waals surface area contributed by atoms with Crippen LogP contribution in [0.25, 0.3) is 16.6 Å². The highest BCUT2D eigenvalue weighted by Gasteiger charge is 2.38. The number of nitrogens with zero attached hydrogens (tertiary/aromatic N) is 3. The maximum Gasteiger partial charge on any atom is 0.490 e. The third-order valence-corrected chi connectivity index (χ3v) is 5.72. The molecule has 0 saturated carbocycles. The highest BCUT2D eigenvalue weighted by Crippen LogP contribution is 2.28. The van der Waals surface area contributed by atoms with Crippen LogP contribution in [0.3, 0.4) is 0 Å². The van der Waals surface area contributed by atoms with Crippen LogP contribution < -0.4 is 5.90 Å². The summed E-state index contributed by atoms with van der Waals surface area (Å²) in [5, 5.41) is 12.1. The van der Waals surface area contributed by atoms with Gasteiger partial charge in [-0.05, 0) is 61.7 Å². The van der Waals surface area contributed by atoms with E-state index in [9.17, 15) is 22.4 Å². The number of alkyl halides is 3. The molecule has 12 heteroatoms. The van der Waals surface area contributed by atoms with Crippen molar-refractivity contribution in [3.8, 4) is 5.69 Å². The van der Waals surface area contributed by atoms with Crippen molar-refractivity contribution in [3.05, 3.63) is 59.5 Å². The molecule has 1 aliphatic heterocycles. The molecule has 2 heterocycles. The van der Waals surface area contributed by atoms with Gasteiger partial charge in [-0.15, -0.1) is 0 Å². The van der Waals surface area contributed by atoms with E-state index in [0.717, 1.165) is 24.8 Å². The van der Waals surface area contributed by atoms with E-state index in [1.165, 1.54) is 31.0 Å². The number of benzene rings is 2. The summed E-state index contributed by atoms with van der Waals surface area (Å²) >= 11 is 0. The van der Waals surface area contributed by atoms with E-state index in [0.29, 0.717) is 16.8 Å². The summed E-state index contributed by atoms with van der Waals surface area (Å²) in [6, 6.07) is 10.7. The number of fused-ring (bicyclic) bond motifs is 1. The molecule has 3 N–H and O–H groups in total. The molecule has 188 valence electrons. The molecule has 0 radical (unpaired) electrons. The summed E-state index contributed by atoms with van der Waals surface area (Å²) in [5.74, 6) is 1.39. The number of hydrogen-bond acceptors (Lipinski definition) is 6. The number of hydrogen-bond donors (Lipinski definition) is 2. The Morgan fingerprint density at radius 2 is 1.89 bits per heavy atom. The van der Waals surface area contributed by atoms with Gasteiger partial charge in [0.2, 0.25) is 0 Å². The minimum atomic E-state index is -5.08. The SMILES string of the molecule is CCN1CCCC(c2ccc(-n3cc4cc(F)cc(C(=O)ON)c4n3)cc2)C1.O=C(O)C(F)(F)F. The number of likely N-dealkylation sites (N-methyl/N-ethyl adjacent to an activating group) is 1. The second-order valence-electron chi connectivity index (χ2n) is 8.00. The fraction of sp³-hybridized carbons (Fsp3) is 0.348. The Balaban J connectivity index is 0.000000429. The summed E-state index contributed by atoms with van der Waals surface area (Å²) in [5.41, 5.74) is 2.52.